The molecular formula is C26H25P. The molecular weight excluding hydrogens is 343 g/mol. The summed E-state index contributed by atoms with van der Waals surface area (Å²) in [6, 6.07) is 27.2. The number of fused-ring (bicyclic) bond motifs is 7. The average Bonchev–Trinajstić information content (AvgIpc) is 2.85. The van der Waals surface area contributed by atoms with Crippen LogP contribution in [0.4, 0.5) is 0 Å². The second kappa shape index (κ2) is 6.18. The maximum atomic E-state index is 2.42. The molecule has 4 aromatic rings. The Morgan fingerprint density at radius 1 is 0.593 bits per heavy atom. The summed E-state index contributed by atoms with van der Waals surface area (Å²) < 4.78 is 0. The summed E-state index contributed by atoms with van der Waals surface area (Å²) in [5.74, 6) is 0. The zero-order chi connectivity index (χ0) is 18.6. The summed E-state index contributed by atoms with van der Waals surface area (Å²) in [5.41, 5.74) is 6.03. The Balaban J connectivity index is 1.93. The smallest absolute Gasteiger partial charge is 0.00590 e. The van der Waals surface area contributed by atoms with Crippen LogP contribution in [-0.4, -0.2) is 5.16 Å². The molecule has 0 aromatic heterocycles. The van der Waals surface area contributed by atoms with Crippen molar-refractivity contribution < 1.29 is 0 Å². The van der Waals surface area contributed by atoms with E-state index >= 15 is 0 Å². The lowest BCUT2D eigenvalue weighted by Crippen LogP contribution is -2.13. The van der Waals surface area contributed by atoms with Gasteiger partial charge in [0.05, 0.1) is 0 Å². The maximum absolute atomic E-state index is 2.42. The van der Waals surface area contributed by atoms with Gasteiger partial charge in [0.15, 0.2) is 0 Å². The fourth-order valence-corrected chi connectivity index (χ4v) is 6.84. The van der Waals surface area contributed by atoms with Gasteiger partial charge in [-0.1, -0.05) is 101 Å². The Kier molecular flexibility index (Phi) is 3.88. The Labute approximate surface area is 163 Å². The number of benzene rings is 4. The lowest BCUT2D eigenvalue weighted by molar-refractivity contribution is 0.777. The van der Waals surface area contributed by atoms with Crippen LogP contribution in [0.25, 0.3) is 32.7 Å². The fraction of sp³-hybridized carbons (Fsp3) is 0.231. The van der Waals surface area contributed by atoms with Gasteiger partial charge >= 0.3 is 0 Å². The zero-order valence-corrected chi connectivity index (χ0v) is 17.2. The minimum Gasteiger partial charge on any atom is -0.0921 e. The fourth-order valence-electron chi connectivity index (χ4n) is 4.43. The summed E-state index contributed by atoms with van der Waals surface area (Å²) in [6.07, 6.45) is 2.42. The van der Waals surface area contributed by atoms with E-state index in [2.05, 4.69) is 93.6 Å². The molecule has 1 heterocycles. The van der Waals surface area contributed by atoms with Crippen molar-refractivity contribution in [1.29, 1.82) is 0 Å². The van der Waals surface area contributed by atoms with E-state index in [4.69, 9.17) is 0 Å². The summed E-state index contributed by atoms with van der Waals surface area (Å²) in [7, 11) is -0.123. The van der Waals surface area contributed by atoms with Crippen LogP contribution in [0, 0.1) is 0 Å². The molecule has 27 heavy (non-hydrogen) atoms. The molecule has 0 amide bonds. The minimum atomic E-state index is -0.123. The average molecular weight is 368 g/mol. The third kappa shape index (κ3) is 2.79. The molecule has 0 saturated heterocycles. The van der Waals surface area contributed by atoms with Gasteiger partial charge in [-0.25, -0.2) is 0 Å². The second-order valence-electron chi connectivity index (χ2n) is 8.67. The highest BCUT2D eigenvalue weighted by Crippen LogP contribution is 2.59. The Morgan fingerprint density at radius 3 is 1.48 bits per heavy atom. The quantitative estimate of drug-likeness (QED) is 0.276. The molecule has 0 spiro atoms. The molecule has 134 valence electrons. The van der Waals surface area contributed by atoms with Gasteiger partial charge in [0.2, 0.25) is 0 Å². The van der Waals surface area contributed by atoms with E-state index in [0.717, 1.165) is 0 Å². The third-order valence-corrected chi connectivity index (χ3v) is 9.29. The van der Waals surface area contributed by atoms with Gasteiger partial charge in [-0.15, -0.1) is 0 Å². The maximum Gasteiger partial charge on any atom is -0.00590 e. The van der Waals surface area contributed by atoms with E-state index in [1.807, 2.05) is 0 Å². The van der Waals surface area contributed by atoms with Crippen LogP contribution in [0.1, 0.15) is 31.9 Å². The molecule has 0 radical (unpaired) electrons. The number of hydrogen-bond donors (Lipinski definition) is 0. The standard InChI is InChI=1S/C26H25P/c1-26(2,3)27-16-20-14-12-18-8-4-6-10-22(18)24(20)25-21(17-27)15-13-19-9-5-7-11-23(19)25/h4-15H,16-17H2,1-3H3. The predicted molar refractivity (Wildman–Crippen MR) is 121 cm³/mol. The second-order valence-corrected chi connectivity index (χ2v) is 11.7. The first-order valence-corrected chi connectivity index (χ1v) is 11.5. The third-order valence-electron chi connectivity index (χ3n) is 5.95. The van der Waals surface area contributed by atoms with Crippen LogP contribution in [0.15, 0.2) is 72.8 Å². The lowest BCUT2D eigenvalue weighted by Gasteiger charge is -2.31. The van der Waals surface area contributed by atoms with Crippen molar-refractivity contribution in [3.05, 3.63) is 83.9 Å². The van der Waals surface area contributed by atoms with Gasteiger partial charge in [0, 0.05) is 0 Å². The summed E-state index contributed by atoms with van der Waals surface area (Å²) >= 11 is 0. The first kappa shape index (κ1) is 17.0. The monoisotopic (exact) mass is 368 g/mol. The van der Waals surface area contributed by atoms with Crippen molar-refractivity contribution in [2.75, 3.05) is 0 Å². The van der Waals surface area contributed by atoms with E-state index in [0.29, 0.717) is 5.16 Å². The summed E-state index contributed by atoms with van der Waals surface area (Å²) in [6.45, 7) is 7.27. The Hall–Kier alpha value is -2.17. The largest absolute Gasteiger partial charge is 0.0921 e. The van der Waals surface area contributed by atoms with Gasteiger partial charge in [-0.3, -0.25) is 0 Å². The Bertz CT molecular complexity index is 1080. The summed E-state index contributed by atoms with van der Waals surface area (Å²) in [4.78, 5) is 0. The van der Waals surface area contributed by atoms with E-state index in [1.165, 1.54) is 56.1 Å². The van der Waals surface area contributed by atoms with Crippen molar-refractivity contribution in [1.82, 2.24) is 0 Å². The topological polar surface area (TPSA) is 0 Å². The number of hydrogen-bond acceptors (Lipinski definition) is 0. The van der Waals surface area contributed by atoms with Gasteiger partial charge < -0.3 is 0 Å². The normalized spacial score (nSPS) is 14.8. The molecule has 0 nitrogen and oxygen atoms in total. The molecule has 0 unspecified atom stereocenters. The minimum absolute atomic E-state index is 0.123. The molecule has 1 aliphatic heterocycles. The molecule has 0 bridgehead atoms. The van der Waals surface area contributed by atoms with Crippen molar-refractivity contribution in [3.63, 3.8) is 0 Å². The molecule has 0 saturated carbocycles. The molecule has 5 rings (SSSR count). The SMILES string of the molecule is CC(C)(C)P1Cc2ccc3ccccc3c2-c2c(ccc3ccccc23)C1. The van der Waals surface area contributed by atoms with Gasteiger partial charge in [0.1, 0.15) is 0 Å². The Morgan fingerprint density at radius 2 is 1.04 bits per heavy atom. The predicted octanol–water partition coefficient (Wildman–Crippen LogP) is 7.95. The van der Waals surface area contributed by atoms with Crippen LogP contribution < -0.4 is 0 Å². The van der Waals surface area contributed by atoms with E-state index in [1.54, 1.807) is 0 Å². The van der Waals surface area contributed by atoms with Crippen LogP contribution in [0.5, 0.6) is 0 Å². The van der Waals surface area contributed by atoms with Gasteiger partial charge in [-0.2, -0.15) is 0 Å². The van der Waals surface area contributed by atoms with Gasteiger partial charge in [0.25, 0.3) is 0 Å². The van der Waals surface area contributed by atoms with Crippen LogP contribution in [0.3, 0.4) is 0 Å². The van der Waals surface area contributed by atoms with E-state index in [-0.39, 0.29) is 7.92 Å². The number of rotatable bonds is 0. The molecule has 4 aromatic carbocycles. The first-order chi connectivity index (χ1) is 13.0. The molecule has 0 N–H and O–H groups in total. The molecule has 1 aliphatic rings. The first-order valence-electron chi connectivity index (χ1n) is 9.79. The highest BCUT2D eigenvalue weighted by molar-refractivity contribution is 7.57. The van der Waals surface area contributed by atoms with Gasteiger partial charge in [-0.05, 0) is 61.3 Å². The lowest BCUT2D eigenvalue weighted by atomic mass is 9.88. The molecule has 1 heteroatoms. The highest BCUT2D eigenvalue weighted by atomic mass is 31.1. The van der Waals surface area contributed by atoms with Crippen LogP contribution >= 0.6 is 7.92 Å². The van der Waals surface area contributed by atoms with Crippen molar-refractivity contribution in [2.24, 2.45) is 0 Å². The molecule has 0 fully saturated rings. The van der Waals surface area contributed by atoms with E-state index < -0.39 is 0 Å². The highest BCUT2D eigenvalue weighted by Gasteiger charge is 2.30. The van der Waals surface area contributed by atoms with Crippen molar-refractivity contribution >= 4 is 29.5 Å². The zero-order valence-electron chi connectivity index (χ0n) is 16.3. The molecule has 0 aliphatic carbocycles. The van der Waals surface area contributed by atoms with E-state index in [9.17, 15) is 0 Å². The van der Waals surface area contributed by atoms with Crippen LogP contribution in [-0.2, 0) is 12.3 Å². The van der Waals surface area contributed by atoms with Crippen molar-refractivity contribution in [2.45, 2.75) is 38.3 Å². The summed E-state index contributed by atoms with van der Waals surface area (Å²) in [5, 5.41) is 5.84. The molecule has 0 atom stereocenters. The van der Waals surface area contributed by atoms with Crippen LogP contribution in [0.2, 0.25) is 0 Å². The van der Waals surface area contributed by atoms with Crippen molar-refractivity contribution in [3.8, 4) is 11.1 Å².